The molecule has 4 amide bonds. The molecule has 4 aliphatic heterocycles. The fourth-order valence-electron chi connectivity index (χ4n) is 8.36. The number of carbonyl (C=O) groups excluding carboxylic acids is 3. The van der Waals surface area contributed by atoms with Crippen molar-refractivity contribution in [2.45, 2.75) is 77.4 Å². The molecule has 6 rings (SSSR count). The quantitative estimate of drug-likeness (QED) is 0.372. The first kappa shape index (κ1) is 36.9. The molecule has 0 bridgehead atoms. The first-order valence-electron chi connectivity index (χ1n) is 18.3. The molecule has 2 aromatic rings. The zero-order chi connectivity index (χ0) is 36.3. The van der Waals surface area contributed by atoms with E-state index in [0.29, 0.717) is 81.6 Å². The van der Waals surface area contributed by atoms with Gasteiger partial charge in [-0.15, -0.1) is 0 Å². The highest BCUT2D eigenvalue weighted by Gasteiger charge is 2.38. The molecule has 51 heavy (non-hydrogen) atoms. The molecular weight excluding hydrogens is 673 g/mol. The van der Waals surface area contributed by atoms with Gasteiger partial charge in [0.05, 0.1) is 0 Å². The van der Waals surface area contributed by atoms with Gasteiger partial charge in [0.2, 0.25) is 0 Å². The number of fused-ring (bicyclic) bond motifs is 1. The van der Waals surface area contributed by atoms with Crippen molar-refractivity contribution in [1.82, 2.24) is 23.7 Å². The first-order chi connectivity index (χ1) is 24.4. The number of aryl methyl sites for hydroxylation is 2. The minimum atomic E-state index is -3.42. The van der Waals surface area contributed by atoms with Crippen molar-refractivity contribution < 1.29 is 32.6 Å². The summed E-state index contributed by atoms with van der Waals surface area (Å²) in [5.41, 5.74) is 4.14. The number of carbonyl (C=O) groups is 3. The smallest absolute Gasteiger partial charge is 0.410 e. The number of likely N-dealkylation sites (tertiary alicyclic amines) is 2. The molecule has 0 radical (unpaired) electrons. The maximum Gasteiger partial charge on any atom is 0.410 e. The third-order valence-electron chi connectivity index (χ3n) is 11.4. The van der Waals surface area contributed by atoms with E-state index in [1.54, 1.807) is 9.80 Å². The predicted octanol–water partition coefficient (Wildman–Crippen LogP) is 4.03. The van der Waals surface area contributed by atoms with Crippen molar-refractivity contribution in [3.8, 4) is 5.75 Å². The molecule has 14 heteroatoms. The number of rotatable bonds is 8. The number of benzene rings is 2. The van der Waals surface area contributed by atoms with Crippen molar-refractivity contribution >= 4 is 33.9 Å². The van der Waals surface area contributed by atoms with Crippen LogP contribution in [-0.4, -0.2) is 116 Å². The van der Waals surface area contributed by atoms with Crippen LogP contribution in [-0.2, 0) is 32.6 Å². The molecule has 2 aromatic carbocycles. The van der Waals surface area contributed by atoms with E-state index in [0.717, 1.165) is 48.9 Å². The number of piperidine rings is 3. The standard InChI is InChI=1S/C37H52N6O7S/c1-25-22-27(23-26(2)34(25)44)24-33(35(45)40-15-8-28(9-16-40)29-10-19-42(20-11-29)51(48,49)38-3)50-37(47)41-17-13-31(14-18-41)43-21-12-30-6-4-5-7-32(30)39-36(43)46/h4-7,22-23,28-29,31,33,38,44H,8-21,24H2,1-3H3,(H,39,46)/t33-/m1/s1. The van der Waals surface area contributed by atoms with Gasteiger partial charge in [0, 0.05) is 71.0 Å². The molecular formula is C37H52N6O7S. The molecule has 13 nitrogen and oxygen atoms in total. The van der Waals surface area contributed by atoms with Crippen LogP contribution in [0.2, 0.25) is 0 Å². The van der Waals surface area contributed by atoms with Gasteiger partial charge in [0.15, 0.2) is 6.10 Å². The second-order valence-electron chi connectivity index (χ2n) is 14.5. The Kier molecular flexibility index (Phi) is 11.4. The minimum absolute atomic E-state index is 0.00927. The van der Waals surface area contributed by atoms with Crippen LogP contribution in [0, 0.1) is 25.7 Å². The predicted molar refractivity (Wildman–Crippen MR) is 194 cm³/mol. The summed E-state index contributed by atoms with van der Waals surface area (Å²) < 4.78 is 34.4. The van der Waals surface area contributed by atoms with Crippen LogP contribution in [0.1, 0.15) is 60.8 Å². The molecule has 3 saturated heterocycles. The molecule has 0 aliphatic carbocycles. The summed E-state index contributed by atoms with van der Waals surface area (Å²) in [7, 11) is -1.99. The summed E-state index contributed by atoms with van der Waals surface area (Å²) in [6.45, 7) is 7.14. The lowest BCUT2D eigenvalue weighted by Crippen LogP contribution is -2.52. The summed E-state index contributed by atoms with van der Waals surface area (Å²) in [5, 5.41) is 13.4. The fraction of sp³-hybridized carbons (Fsp3) is 0.595. The molecule has 3 fully saturated rings. The third-order valence-corrected chi connectivity index (χ3v) is 13.0. The maximum atomic E-state index is 14.1. The Balaban J connectivity index is 1.07. The minimum Gasteiger partial charge on any atom is -0.507 e. The van der Waals surface area contributed by atoms with Crippen LogP contribution in [0.15, 0.2) is 36.4 Å². The monoisotopic (exact) mass is 724 g/mol. The molecule has 278 valence electrons. The molecule has 0 aromatic heterocycles. The van der Waals surface area contributed by atoms with Gasteiger partial charge in [-0.2, -0.15) is 12.7 Å². The van der Waals surface area contributed by atoms with E-state index in [1.165, 1.54) is 11.4 Å². The number of nitrogens with one attached hydrogen (secondary N) is 2. The maximum absolute atomic E-state index is 14.1. The van der Waals surface area contributed by atoms with Crippen molar-refractivity contribution in [3.05, 3.63) is 58.7 Å². The van der Waals surface area contributed by atoms with Gasteiger partial charge in [-0.25, -0.2) is 14.3 Å². The van der Waals surface area contributed by atoms with Gasteiger partial charge >= 0.3 is 12.1 Å². The largest absolute Gasteiger partial charge is 0.507 e. The van der Waals surface area contributed by atoms with E-state index in [9.17, 15) is 27.9 Å². The van der Waals surface area contributed by atoms with Crippen LogP contribution in [0.3, 0.4) is 0 Å². The number of anilines is 1. The van der Waals surface area contributed by atoms with Gasteiger partial charge in [0.25, 0.3) is 16.1 Å². The van der Waals surface area contributed by atoms with Crippen LogP contribution < -0.4 is 10.0 Å². The number of ether oxygens (including phenoxy) is 1. The number of aromatic hydroxyl groups is 1. The molecule has 0 spiro atoms. The number of urea groups is 1. The summed E-state index contributed by atoms with van der Waals surface area (Å²) >= 11 is 0. The van der Waals surface area contributed by atoms with Crippen LogP contribution >= 0.6 is 0 Å². The topological polar surface area (TPSA) is 152 Å². The highest BCUT2D eigenvalue weighted by atomic mass is 32.2. The Bertz CT molecular complexity index is 1670. The Morgan fingerprint density at radius 1 is 0.902 bits per heavy atom. The lowest BCUT2D eigenvalue weighted by molar-refractivity contribution is -0.142. The normalized spacial score (nSPS) is 20.8. The zero-order valence-electron chi connectivity index (χ0n) is 30.0. The highest BCUT2D eigenvalue weighted by molar-refractivity contribution is 7.87. The number of nitrogens with zero attached hydrogens (tertiary/aromatic N) is 4. The van der Waals surface area contributed by atoms with Gasteiger partial charge in [-0.05, 0) is 98.9 Å². The lowest BCUT2D eigenvalue weighted by atomic mass is 9.79. The van der Waals surface area contributed by atoms with E-state index in [4.69, 9.17) is 4.74 Å². The second-order valence-corrected chi connectivity index (χ2v) is 16.4. The van der Waals surface area contributed by atoms with Crippen molar-refractivity contribution in [2.75, 3.05) is 58.2 Å². The molecule has 1 atom stereocenters. The molecule has 0 unspecified atom stereocenters. The molecule has 4 heterocycles. The number of para-hydroxylation sites is 1. The number of hydrogen-bond acceptors (Lipinski definition) is 7. The molecule has 4 aliphatic rings. The zero-order valence-corrected chi connectivity index (χ0v) is 30.8. The van der Waals surface area contributed by atoms with Gasteiger partial charge < -0.3 is 29.9 Å². The van der Waals surface area contributed by atoms with Crippen LogP contribution in [0.25, 0.3) is 0 Å². The fourth-order valence-corrected chi connectivity index (χ4v) is 9.31. The Labute approximate surface area is 301 Å². The first-order valence-corrected chi connectivity index (χ1v) is 19.7. The number of hydrogen-bond donors (Lipinski definition) is 3. The lowest BCUT2D eigenvalue weighted by Gasteiger charge is -2.40. The van der Waals surface area contributed by atoms with E-state index in [2.05, 4.69) is 10.0 Å². The summed E-state index contributed by atoms with van der Waals surface area (Å²) in [6, 6.07) is 11.4. The van der Waals surface area contributed by atoms with Gasteiger partial charge in [-0.1, -0.05) is 30.3 Å². The third kappa shape index (κ3) is 8.44. The Morgan fingerprint density at radius 2 is 1.49 bits per heavy atom. The van der Waals surface area contributed by atoms with E-state index >= 15 is 0 Å². The highest BCUT2D eigenvalue weighted by Crippen LogP contribution is 2.34. The number of phenolic OH excluding ortho intramolecular Hbond substituents is 1. The summed E-state index contributed by atoms with van der Waals surface area (Å²) in [4.78, 5) is 46.2. The Hall–Kier alpha value is -3.88. The van der Waals surface area contributed by atoms with Crippen molar-refractivity contribution in [1.29, 1.82) is 0 Å². The SMILES string of the molecule is CNS(=O)(=O)N1CCC(C2CCN(C(=O)[C@@H](Cc3cc(C)c(O)c(C)c3)OC(=O)N3CCC(N4CCc5ccccc5NC4=O)CC3)CC2)CC1. The molecule has 3 N–H and O–H groups in total. The Morgan fingerprint density at radius 3 is 2.12 bits per heavy atom. The van der Waals surface area contributed by atoms with Crippen LogP contribution in [0.4, 0.5) is 15.3 Å². The van der Waals surface area contributed by atoms with Crippen molar-refractivity contribution in [2.24, 2.45) is 11.8 Å². The molecule has 0 saturated carbocycles. The van der Waals surface area contributed by atoms with E-state index in [-0.39, 0.29) is 30.2 Å². The van der Waals surface area contributed by atoms with E-state index in [1.807, 2.05) is 55.1 Å². The average molecular weight is 725 g/mol. The van der Waals surface area contributed by atoms with E-state index < -0.39 is 22.4 Å². The summed E-state index contributed by atoms with van der Waals surface area (Å²) in [6.07, 6.45) is 3.83. The number of phenols is 1. The van der Waals surface area contributed by atoms with Crippen LogP contribution in [0.5, 0.6) is 5.75 Å². The van der Waals surface area contributed by atoms with Gasteiger partial charge in [-0.3, -0.25) is 4.79 Å². The average Bonchev–Trinajstić information content (AvgIpc) is 3.31. The number of amides is 4. The van der Waals surface area contributed by atoms with Crippen molar-refractivity contribution in [3.63, 3.8) is 0 Å². The summed E-state index contributed by atoms with van der Waals surface area (Å²) in [5.74, 6) is 0.787. The van der Waals surface area contributed by atoms with Gasteiger partial charge in [0.1, 0.15) is 5.75 Å². The second kappa shape index (κ2) is 15.8.